The second-order valence-corrected chi connectivity index (χ2v) is 5.58. The Kier molecular flexibility index (Phi) is 5.83. The van der Waals surface area contributed by atoms with Crippen LogP contribution < -0.4 is 10.6 Å². The van der Waals surface area contributed by atoms with Gasteiger partial charge in [-0.05, 0) is 50.7 Å². The fourth-order valence-corrected chi connectivity index (χ4v) is 2.86. The van der Waals surface area contributed by atoms with Crippen molar-refractivity contribution < 1.29 is 4.79 Å². The maximum atomic E-state index is 11.6. The minimum atomic E-state index is 0.0266. The van der Waals surface area contributed by atoms with Crippen molar-refractivity contribution in [2.45, 2.75) is 18.9 Å². The van der Waals surface area contributed by atoms with Crippen molar-refractivity contribution in [3.05, 3.63) is 34.9 Å². The van der Waals surface area contributed by atoms with Crippen molar-refractivity contribution in [3.8, 4) is 0 Å². The van der Waals surface area contributed by atoms with E-state index in [1.54, 1.807) is 7.05 Å². The average Bonchev–Trinajstić information content (AvgIpc) is 2.93. The van der Waals surface area contributed by atoms with Gasteiger partial charge < -0.3 is 10.6 Å². The van der Waals surface area contributed by atoms with Gasteiger partial charge in [-0.2, -0.15) is 0 Å². The lowest BCUT2D eigenvalue weighted by molar-refractivity contribution is -0.120. The Hall–Kier alpha value is -1.10. The summed E-state index contributed by atoms with van der Waals surface area (Å²) in [6, 6.07) is 8.13. The zero-order chi connectivity index (χ0) is 14.4. The van der Waals surface area contributed by atoms with E-state index in [1.165, 1.54) is 18.4 Å². The highest BCUT2D eigenvalue weighted by Crippen LogP contribution is 2.26. The number of nitrogens with one attached hydrogen (secondary N) is 2. The highest BCUT2D eigenvalue weighted by molar-refractivity contribution is 6.30. The van der Waals surface area contributed by atoms with Crippen LogP contribution in [0, 0.1) is 0 Å². The summed E-state index contributed by atoms with van der Waals surface area (Å²) >= 11 is 6.09. The largest absolute Gasteiger partial charge is 0.353 e. The summed E-state index contributed by atoms with van der Waals surface area (Å²) in [6.07, 6.45) is 2.45. The fourth-order valence-electron chi connectivity index (χ4n) is 2.66. The molecule has 1 aliphatic heterocycles. The minimum absolute atomic E-state index is 0.0266. The summed E-state index contributed by atoms with van der Waals surface area (Å²) in [6.45, 7) is 3.14. The third kappa shape index (κ3) is 4.20. The molecule has 20 heavy (non-hydrogen) atoms. The van der Waals surface area contributed by atoms with E-state index >= 15 is 0 Å². The first-order valence-corrected chi connectivity index (χ1v) is 7.49. The van der Waals surface area contributed by atoms with Crippen molar-refractivity contribution >= 4 is 17.5 Å². The third-order valence-electron chi connectivity index (χ3n) is 3.64. The minimum Gasteiger partial charge on any atom is -0.353 e. The summed E-state index contributed by atoms with van der Waals surface area (Å²) in [5, 5.41) is 6.60. The lowest BCUT2D eigenvalue weighted by Gasteiger charge is -2.28. The van der Waals surface area contributed by atoms with Crippen LogP contribution in [-0.2, 0) is 4.79 Å². The molecule has 1 aliphatic rings. The maximum Gasteiger partial charge on any atom is 0.234 e. The predicted octanol–water partition coefficient (Wildman–Crippen LogP) is 1.81. The van der Waals surface area contributed by atoms with Crippen LogP contribution in [0.25, 0.3) is 0 Å². The summed E-state index contributed by atoms with van der Waals surface area (Å²) in [5.41, 5.74) is 1.17. The molecule has 1 atom stereocenters. The standard InChI is InChI=1S/C15H22ClN3O/c1-17-11-15(20)18-10-14(19-7-2-3-8-19)12-5-4-6-13(16)9-12/h4-6,9,14,17H,2-3,7-8,10-11H2,1H3,(H,18,20). The lowest BCUT2D eigenvalue weighted by Crippen LogP contribution is -2.39. The lowest BCUT2D eigenvalue weighted by atomic mass is 10.1. The van der Waals surface area contributed by atoms with Crippen molar-refractivity contribution in [1.82, 2.24) is 15.5 Å². The molecule has 2 rings (SSSR count). The van der Waals surface area contributed by atoms with Crippen LogP contribution >= 0.6 is 11.6 Å². The highest BCUT2D eigenvalue weighted by atomic mass is 35.5. The summed E-state index contributed by atoms with van der Waals surface area (Å²) in [4.78, 5) is 14.1. The number of rotatable bonds is 6. The molecule has 0 spiro atoms. The van der Waals surface area contributed by atoms with Crippen LogP contribution in [0.1, 0.15) is 24.4 Å². The van der Waals surface area contributed by atoms with Gasteiger partial charge in [0.25, 0.3) is 0 Å². The monoisotopic (exact) mass is 295 g/mol. The zero-order valence-corrected chi connectivity index (χ0v) is 12.6. The van der Waals surface area contributed by atoms with Crippen LogP contribution in [0.15, 0.2) is 24.3 Å². The van der Waals surface area contributed by atoms with Gasteiger partial charge in [-0.15, -0.1) is 0 Å². The van der Waals surface area contributed by atoms with Gasteiger partial charge in [0, 0.05) is 11.6 Å². The Bertz CT molecular complexity index is 446. The molecule has 0 bridgehead atoms. The van der Waals surface area contributed by atoms with Crippen molar-refractivity contribution in [1.29, 1.82) is 0 Å². The first-order chi connectivity index (χ1) is 9.70. The Balaban J connectivity index is 2.06. The number of carbonyl (C=O) groups is 1. The number of likely N-dealkylation sites (tertiary alicyclic amines) is 1. The van der Waals surface area contributed by atoms with Crippen molar-refractivity contribution in [2.75, 3.05) is 33.2 Å². The van der Waals surface area contributed by atoms with Crippen LogP contribution in [-0.4, -0.2) is 44.0 Å². The summed E-state index contributed by atoms with van der Waals surface area (Å²) in [5.74, 6) is 0.0266. The second kappa shape index (κ2) is 7.62. The van der Waals surface area contributed by atoms with Gasteiger partial charge in [-0.3, -0.25) is 9.69 Å². The summed E-state index contributed by atoms with van der Waals surface area (Å²) in [7, 11) is 1.77. The second-order valence-electron chi connectivity index (χ2n) is 5.15. The smallest absolute Gasteiger partial charge is 0.234 e. The quantitative estimate of drug-likeness (QED) is 0.841. The molecule has 1 aromatic rings. The predicted molar refractivity (Wildman–Crippen MR) is 81.9 cm³/mol. The van der Waals surface area contributed by atoms with Crippen molar-refractivity contribution in [3.63, 3.8) is 0 Å². The Labute approximate surface area is 125 Å². The first kappa shape index (κ1) is 15.3. The van der Waals surface area contributed by atoms with E-state index in [4.69, 9.17) is 11.6 Å². The molecule has 4 nitrogen and oxygen atoms in total. The number of halogens is 1. The first-order valence-electron chi connectivity index (χ1n) is 7.11. The van der Waals surface area contributed by atoms with Crippen LogP contribution in [0.3, 0.4) is 0 Å². The van der Waals surface area contributed by atoms with E-state index in [2.05, 4.69) is 21.6 Å². The highest BCUT2D eigenvalue weighted by Gasteiger charge is 2.23. The molecule has 1 saturated heterocycles. The van der Waals surface area contributed by atoms with E-state index < -0.39 is 0 Å². The van der Waals surface area contributed by atoms with Gasteiger partial charge in [0.2, 0.25) is 5.91 Å². The molecule has 0 aromatic heterocycles. The molecular formula is C15H22ClN3O. The van der Waals surface area contributed by atoms with Gasteiger partial charge >= 0.3 is 0 Å². The third-order valence-corrected chi connectivity index (χ3v) is 3.88. The topological polar surface area (TPSA) is 44.4 Å². The Morgan fingerprint density at radius 1 is 1.40 bits per heavy atom. The van der Waals surface area contributed by atoms with Crippen LogP contribution in [0.4, 0.5) is 0 Å². The summed E-state index contributed by atoms with van der Waals surface area (Å²) < 4.78 is 0. The number of nitrogens with zero attached hydrogens (tertiary/aromatic N) is 1. The number of amides is 1. The molecule has 1 aromatic carbocycles. The van der Waals surface area contributed by atoms with E-state index in [0.29, 0.717) is 13.1 Å². The van der Waals surface area contributed by atoms with Gasteiger partial charge in [-0.1, -0.05) is 23.7 Å². The van der Waals surface area contributed by atoms with Crippen LogP contribution in [0.2, 0.25) is 5.02 Å². The number of likely N-dealkylation sites (N-methyl/N-ethyl adjacent to an activating group) is 1. The molecule has 5 heteroatoms. The molecule has 1 amide bonds. The fraction of sp³-hybridized carbons (Fsp3) is 0.533. The normalized spacial score (nSPS) is 17.1. The molecule has 1 fully saturated rings. The maximum absolute atomic E-state index is 11.6. The van der Waals surface area contributed by atoms with E-state index in [9.17, 15) is 4.79 Å². The average molecular weight is 296 g/mol. The molecule has 0 aliphatic carbocycles. The number of hydrogen-bond donors (Lipinski definition) is 2. The van der Waals surface area contributed by atoms with Gasteiger partial charge in [0.1, 0.15) is 0 Å². The molecule has 110 valence electrons. The Morgan fingerprint density at radius 2 is 2.15 bits per heavy atom. The molecule has 2 N–H and O–H groups in total. The molecular weight excluding hydrogens is 274 g/mol. The number of carbonyl (C=O) groups excluding carboxylic acids is 1. The molecule has 1 heterocycles. The van der Waals surface area contributed by atoms with Gasteiger partial charge in [-0.25, -0.2) is 0 Å². The SMILES string of the molecule is CNCC(=O)NCC(c1cccc(Cl)c1)N1CCCC1. The molecule has 1 unspecified atom stereocenters. The van der Waals surface area contributed by atoms with Gasteiger partial charge in [0.15, 0.2) is 0 Å². The molecule has 0 radical (unpaired) electrons. The zero-order valence-electron chi connectivity index (χ0n) is 11.9. The van der Waals surface area contributed by atoms with E-state index in [-0.39, 0.29) is 11.9 Å². The van der Waals surface area contributed by atoms with Gasteiger partial charge in [0.05, 0.1) is 12.6 Å². The molecule has 0 saturated carbocycles. The van der Waals surface area contributed by atoms with E-state index in [0.717, 1.165) is 18.1 Å². The van der Waals surface area contributed by atoms with Crippen molar-refractivity contribution in [2.24, 2.45) is 0 Å². The Morgan fingerprint density at radius 3 is 2.80 bits per heavy atom. The number of benzene rings is 1. The van der Waals surface area contributed by atoms with E-state index in [1.807, 2.05) is 18.2 Å². The van der Waals surface area contributed by atoms with Crippen LogP contribution in [0.5, 0.6) is 0 Å². The number of hydrogen-bond acceptors (Lipinski definition) is 3.